The molecule has 1 aliphatic rings. The first-order valence-corrected chi connectivity index (χ1v) is 11.5. The first-order valence-electron chi connectivity index (χ1n) is 8.16. The minimum atomic E-state index is -3.87. The van der Waals surface area contributed by atoms with Crippen molar-refractivity contribution in [3.8, 4) is 0 Å². The highest BCUT2D eigenvalue weighted by atomic mass is 32.2. The molecule has 140 valence electrons. The molecule has 0 spiro atoms. The van der Waals surface area contributed by atoms with Crippen molar-refractivity contribution in [1.29, 1.82) is 0 Å². The number of nitrogens with zero attached hydrogens (tertiary/aromatic N) is 2. The second-order valence-electron chi connectivity index (χ2n) is 6.28. The van der Waals surface area contributed by atoms with Crippen molar-refractivity contribution < 1.29 is 21.6 Å². The van der Waals surface area contributed by atoms with Crippen LogP contribution in [-0.2, 0) is 24.7 Å². The van der Waals surface area contributed by atoms with Crippen LogP contribution >= 0.6 is 0 Å². The Balaban J connectivity index is 2.37. The Kier molecular flexibility index (Phi) is 5.90. The smallest absolute Gasteiger partial charge is 0.243 e. The number of amides is 1. The van der Waals surface area contributed by atoms with Crippen LogP contribution < -0.4 is 0 Å². The number of hydrogen-bond acceptors (Lipinski definition) is 5. The van der Waals surface area contributed by atoms with Crippen LogP contribution in [0.5, 0.6) is 0 Å². The van der Waals surface area contributed by atoms with Gasteiger partial charge in [-0.05, 0) is 30.7 Å². The summed E-state index contributed by atoms with van der Waals surface area (Å²) in [5.41, 5.74) is 0. The number of likely N-dealkylation sites (N-methyl/N-ethyl adjacent to an activating group) is 1. The summed E-state index contributed by atoms with van der Waals surface area (Å²) >= 11 is 0. The zero-order valence-electron chi connectivity index (χ0n) is 14.7. The van der Waals surface area contributed by atoms with Gasteiger partial charge in [0.05, 0.1) is 9.79 Å². The van der Waals surface area contributed by atoms with E-state index in [1.165, 1.54) is 28.6 Å². The monoisotopic (exact) mass is 388 g/mol. The van der Waals surface area contributed by atoms with E-state index in [-0.39, 0.29) is 22.2 Å². The average Bonchev–Trinajstić information content (AvgIpc) is 2.55. The van der Waals surface area contributed by atoms with E-state index in [1.54, 1.807) is 11.9 Å². The van der Waals surface area contributed by atoms with E-state index in [4.69, 9.17) is 0 Å². The summed E-state index contributed by atoms with van der Waals surface area (Å²) in [6.45, 7) is 2.55. The van der Waals surface area contributed by atoms with Gasteiger partial charge in [-0.25, -0.2) is 16.8 Å². The molecule has 1 saturated heterocycles. The molecular weight excluding hydrogens is 364 g/mol. The van der Waals surface area contributed by atoms with Gasteiger partial charge in [-0.1, -0.05) is 19.8 Å². The zero-order chi connectivity index (χ0) is 18.8. The van der Waals surface area contributed by atoms with Crippen LogP contribution in [0.1, 0.15) is 26.2 Å². The molecule has 0 aromatic heterocycles. The van der Waals surface area contributed by atoms with Gasteiger partial charge in [0, 0.05) is 26.4 Å². The third-order valence-corrected chi connectivity index (χ3v) is 7.41. The third kappa shape index (κ3) is 4.21. The lowest BCUT2D eigenvalue weighted by atomic mass is 10.1. The molecule has 0 aliphatic carbocycles. The maximum absolute atomic E-state index is 13.0. The number of carbonyl (C=O) groups is 1. The first kappa shape index (κ1) is 19.9. The Hall–Kier alpha value is -1.45. The second kappa shape index (κ2) is 7.43. The SMILES string of the molecule is CCCCC1C(=O)N(C)CCN1S(=O)(=O)c1ccc(S(C)(=O)=O)cc1. The van der Waals surface area contributed by atoms with Crippen molar-refractivity contribution in [2.45, 2.75) is 42.0 Å². The normalized spacial score (nSPS) is 20.0. The Morgan fingerprint density at radius 2 is 1.60 bits per heavy atom. The predicted octanol–water partition coefficient (Wildman–Crippen LogP) is 1.11. The van der Waals surface area contributed by atoms with Gasteiger partial charge in [0.15, 0.2) is 9.84 Å². The van der Waals surface area contributed by atoms with Crippen molar-refractivity contribution in [1.82, 2.24) is 9.21 Å². The standard InChI is InChI=1S/C16H24N2O5S2/c1-4-5-6-15-16(19)17(2)11-12-18(15)25(22,23)14-9-7-13(8-10-14)24(3,20)21/h7-10,15H,4-6,11-12H2,1-3H3. The summed E-state index contributed by atoms with van der Waals surface area (Å²) in [5, 5.41) is 0. The van der Waals surface area contributed by atoms with Crippen LogP contribution in [0.4, 0.5) is 0 Å². The molecule has 1 amide bonds. The van der Waals surface area contributed by atoms with Crippen LogP contribution in [0, 0.1) is 0 Å². The molecule has 1 aromatic rings. The summed E-state index contributed by atoms with van der Waals surface area (Å²) in [5.74, 6) is -0.198. The molecule has 1 aliphatic heterocycles. The van der Waals surface area contributed by atoms with Gasteiger partial charge >= 0.3 is 0 Å². The van der Waals surface area contributed by atoms with Crippen LogP contribution in [-0.4, -0.2) is 64.4 Å². The fourth-order valence-electron chi connectivity index (χ4n) is 2.84. The summed E-state index contributed by atoms with van der Waals surface area (Å²) in [7, 11) is -5.59. The van der Waals surface area contributed by atoms with E-state index in [0.29, 0.717) is 13.0 Å². The molecular formula is C16H24N2O5S2. The molecule has 9 heteroatoms. The second-order valence-corrected chi connectivity index (χ2v) is 10.2. The first-order chi connectivity index (χ1) is 11.6. The van der Waals surface area contributed by atoms with E-state index in [9.17, 15) is 21.6 Å². The minimum Gasteiger partial charge on any atom is -0.343 e. The number of rotatable bonds is 6. The number of benzene rings is 1. The van der Waals surface area contributed by atoms with Gasteiger partial charge < -0.3 is 4.90 Å². The molecule has 2 rings (SSSR count). The molecule has 1 heterocycles. The van der Waals surface area contributed by atoms with Crippen LogP contribution in [0.3, 0.4) is 0 Å². The van der Waals surface area contributed by atoms with Gasteiger partial charge in [0.1, 0.15) is 6.04 Å². The number of carbonyl (C=O) groups excluding carboxylic acids is 1. The number of sulfonamides is 1. The molecule has 0 saturated carbocycles. The van der Waals surface area contributed by atoms with Gasteiger partial charge in [-0.2, -0.15) is 4.31 Å². The minimum absolute atomic E-state index is 0.00116. The van der Waals surface area contributed by atoms with Crippen molar-refractivity contribution in [3.05, 3.63) is 24.3 Å². The topological polar surface area (TPSA) is 91.8 Å². The lowest BCUT2D eigenvalue weighted by molar-refractivity contribution is -0.137. The van der Waals surface area contributed by atoms with Crippen LogP contribution in [0.25, 0.3) is 0 Å². The van der Waals surface area contributed by atoms with E-state index >= 15 is 0 Å². The molecule has 1 fully saturated rings. The van der Waals surface area contributed by atoms with Crippen LogP contribution in [0.2, 0.25) is 0 Å². The van der Waals surface area contributed by atoms with Gasteiger partial charge in [0.2, 0.25) is 15.9 Å². The molecule has 1 aromatic carbocycles. The Morgan fingerprint density at radius 3 is 2.12 bits per heavy atom. The maximum atomic E-state index is 13.0. The maximum Gasteiger partial charge on any atom is 0.243 e. The van der Waals surface area contributed by atoms with Crippen molar-refractivity contribution in [2.75, 3.05) is 26.4 Å². The number of sulfone groups is 1. The summed E-state index contributed by atoms with van der Waals surface area (Å²) < 4.78 is 50.3. The highest BCUT2D eigenvalue weighted by Crippen LogP contribution is 2.25. The van der Waals surface area contributed by atoms with Crippen molar-refractivity contribution in [3.63, 3.8) is 0 Å². The Labute approximate surface area is 149 Å². The zero-order valence-corrected chi connectivity index (χ0v) is 16.3. The molecule has 0 bridgehead atoms. The highest BCUT2D eigenvalue weighted by molar-refractivity contribution is 7.90. The third-order valence-electron chi connectivity index (χ3n) is 4.35. The molecule has 0 radical (unpaired) electrons. The van der Waals surface area contributed by atoms with E-state index in [1.807, 2.05) is 6.92 Å². The molecule has 0 N–H and O–H groups in total. The lowest BCUT2D eigenvalue weighted by Gasteiger charge is -2.38. The molecule has 1 atom stereocenters. The molecule has 25 heavy (non-hydrogen) atoms. The Morgan fingerprint density at radius 1 is 1.04 bits per heavy atom. The lowest BCUT2D eigenvalue weighted by Crippen LogP contribution is -2.57. The van der Waals surface area contributed by atoms with Gasteiger partial charge in [-0.3, -0.25) is 4.79 Å². The number of hydrogen-bond donors (Lipinski definition) is 0. The summed E-state index contributed by atoms with van der Waals surface area (Å²) in [6.07, 6.45) is 3.16. The highest BCUT2D eigenvalue weighted by Gasteiger charge is 2.40. The fourth-order valence-corrected chi connectivity index (χ4v) is 5.07. The van der Waals surface area contributed by atoms with E-state index in [0.717, 1.165) is 19.1 Å². The van der Waals surface area contributed by atoms with Crippen molar-refractivity contribution >= 4 is 25.8 Å². The number of piperazine rings is 1. The molecule has 1 unspecified atom stereocenters. The van der Waals surface area contributed by atoms with Crippen LogP contribution in [0.15, 0.2) is 34.1 Å². The van der Waals surface area contributed by atoms with Gasteiger partial charge in [-0.15, -0.1) is 0 Å². The largest absolute Gasteiger partial charge is 0.343 e. The Bertz CT molecular complexity index is 832. The summed E-state index contributed by atoms with van der Waals surface area (Å²) in [4.78, 5) is 14.1. The van der Waals surface area contributed by atoms with Crippen molar-refractivity contribution in [2.24, 2.45) is 0 Å². The quantitative estimate of drug-likeness (QED) is 0.728. The average molecular weight is 389 g/mol. The summed E-state index contributed by atoms with van der Waals surface area (Å²) in [6, 6.07) is 4.41. The predicted molar refractivity (Wildman–Crippen MR) is 94.4 cm³/mol. The van der Waals surface area contributed by atoms with E-state index < -0.39 is 25.9 Å². The molecule has 7 nitrogen and oxygen atoms in total. The van der Waals surface area contributed by atoms with Gasteiger partial charge in [0.25, 0.3) is 0 Å². The fraction of sp³-hybridized carbons (Fsp3) is 0.562. The van der Waals surface area contributed by atoms with E-state index in [2.05, 4.69) is 0 Å². The number of unbranched alkanes of at least 4 members (excludes halogenated alkanes) is 1.